The molecule has 10 nitrogen and oxygen atoms in total. The first-order chi connectivity index (χ1) is 13.0. The number of anilines is 1. The topological polar surface area (TPSA) is 137 Å². The summed E-state index contributed by atoms with van der Waals surface area (Å²) in [5, 5.41) is 3.08. The molecule has 0 aliphatic carbocycles. The molecule has 0 saturated heterocycles. The van der Waals surface area contributed by atoms with E-state index in [1.807, 2.05) is 0 Å². The van der Waals surface area contributed by atoms with Crippen LogP contribution in [0.3, 0.4) is 0 Å². The molecule has 4 N–H and O–H groups in total. The lowest BCUT2D eigenvalue weighted by molar-refractivity contribution is -0.142. The molecule has 0 spiro atoms. The van der Waals surface area contributed by atoms with Gasteiger partial charge in [0.05, 0.1) is 13.7 Å². The van der Waals surface area contributed by atoms with Crippen molar-refractivity contribution in [2.75, 3.05) is 26.0 Å². The number of rotatable bonds is 11. The lowest BCUT2D eigenvalue weighted by Crippen LogP contribution is -2.35. The minimum atomic E-state index is -0.360. The molecule has 27 heavy (non-hydrogen) atoms. The van der Waals surface area contributed by atoms with Crippen LogP contribution in [0.1, 0.15) is 39.5 Å². The SMILES string of the molecule is CCCCOc1nc(N)c2[nH]c(=O)n(CCCCN[C@@H](C)C(=O)OC)c2n1. The number of methoxy groups -OCH3 is 1. The van der Waals surface area contributed by atoms with Crippen LogP contribution < -0.4 is 21.5 Å². The van der Waals surface area contributed by atoms with Crippen LogP contribution in [-0.4, -0.2) is 51.8 Å². The molecule has 0 fully saturated rings. The number of nitrogens with one attached hydrogen (secondary N) is 2. The summed E-state index contributed by atoms with van der Waals surface area (Å²) in [7, 11) is 1.36. The molecule has 0 aliphatic heterocycles. The largest absolute Gasteiger partial charge is 0.468 e. The summed E-state index contributed by atoms with van der Waals surface area (Å²) in [6, 6.07) is -0.184. The lowest BCUT2D eigenvalue weighted by Gasteiger charge is -2.11. The first-order valence-corrected chi connectivity index (χ1v) is 9.18. The van der Waals surface area contributed by atoms with Gasteiger partial charge in [-0.2, -0.15) is 9.97 Å². The van der Waals surface area contributed by atoms with Crippen molar-refractivity contribution in [1.29, 1.82) is 0 Å². The van der Waals surface area contributed by atoms with Crippen LogP contribution in [0, 0.1) is 0 Å². The molecule has 0 aromatic carbocycles. The second kappa shape index (κ2) is 9.91. The third-order valence-corrected chi connectivity index (χ3v) is 4.17. The molecule has 0 unspecified atom stereocenters. The Bertz CT molecular complexity index is 816. The van der Waals surface area contributed by atoms with Gasteiger partial charge in [-0.1, -0.05) is 13.3 Å². The fourth-order valence-corrected chi connectivity index (χ4v) is 2.58. The maximum atomic E-state index is 12.2. The van der Waals surface area contributed by atoms with Gasteiger partial charge in [-0.15, -0.1) is 0 Å². The Hall–Kier alpha value is -2.62. The molecule has 2 aromatic heterocycles. The van der Waals surface area contributed by atoms with E-state index in [1.165, 1.54) is 11.7 Å². The number of hydrogen-bond donors (Lipinski definition) is 3. The number of hydrogen-bond acceptors (Lipinski definition) is 8. The fourth-order valence-electron chi connectivity index (χ4n) is 2.58. The lowest BCUT2D eigenvalue weighted by atomic mass is 10.2. The number of fused-ring (bicyclic) bond motifs is 1. The standard InChI is InChI=1S/C17H28N6O4/c1-4-5-10-27-16-21-13(18)12-14(22-16)23(17(25)20-12)9-7-6-8-19-11(2)15(24)26-3/h11,19H,4-10H2,1-3H3,(H,20,25)(H2,18,21,22)/t11-/m0/s1. The summed E-state index contributed by atoms with van der Waals surface area (Å²) in [5.74, 6) is -0.110. The molecule has 2 rings (SSSR count). The van der Waals surface area contributed by atoms with Gasteiger partial charge in [0.15, 0.2) is 11.5 Å². The van der Waals surface area contributed by atoms with E-state index in [4.69, 9.17) is 10.5 Å². The van der Waals surface area contributed by atoms with E-state index in [0.29, 0.717) is 30.9 Å². The maximum Gasteiger partial charge on any atom is 0.327 e. The van der Waals surface area contributed by atoms with Gasteiger partial charge in [-0.25, -0.2) is 4.79 Å². The highest BCUT2D eigenvalue weighted by Crippen LogP contribution is 2.18. The van der Waals surface area contributed by atoms with Gasteiger partial charge in [-0.05, 0) is 32.7 Å². The summed E-state index contributed by atoms with van der Waals surface area (Å²) in [5.41, 5.74) is 6.50. The van der Waals surface area contributed by atoms with E-state index in [1.54, 1.807) is 6.92 Å². The Morgan fingerprint density at radius 2 is 2.11 bits per heavy atom. The monoisotopic (exact) mass is 380 g/mol. The average molecular weight is 380 g/mol. The fraction of sp³-hybridized carbons (Fsp3) is 0.647. The average Bonchev–Trinajstić information content (AvgIpc) is 2.97. The number of carbonyl (C=O) groups excluding carboxylic acids is 1. The Labute approximate surface area is 157 Å². The number of aromatic nitrogens is 4. The highest BCUT2D eigenvalue weighted by Gasteiger charge is 2.15. The smallest absolute Gasteiger partial charge is 0.327 e. The Morgan fingerprint density at radius 3 is 2.81 bits per heavy atom. The minimum Gasteiger partial charge on any atom is -0.468 e. The third kappa shape index (κ3) is 5.43. The van der Waals surface area contributed by atoms with Crippen LogP contribution in [0.2, 0.25) is 0 Å². The van der Waals surface area contributed by atoms with E-state index in [2.05, 4.69) is 31.9 Å². The van der Waals surface area contributed by atoms with Crippen molar-refractivity contribution >= 4 is 23.0 Å². The predicted octanol–water partition coefficient (Wildman–Crippen LogP) is 0.812. The number of carbonyl (C=O) groups is 1. The van der Waals surface area contributed by atoms with E-state index in [9.17, 15) is 9.59 Å². The molecule has 0 saturated carbocycles. The van der Waals surface area contributed by atoms with Crippen molar-refractivity contribution < 1.29 is 14.3 Å². The number of unbranched alkanes of at least 4 members (excludes halogenated alkanes) is 2. The third-order valence-electron chi connectivity index (χ3n) is 4.17. The van der Waals surface area contributed by atoms with Gasteiger partial charge in [0, 0.05) is 6.54 Å². The number of aromatic amines is 1. The van der Waals surface area contributed by atoms with E-state index in [-0.39, 0.29) is 29.5 Å². The van der Waals surface area contributed by atoms with Crippen LogP contribution in [0.4, 0.5) is 5.82 Å². The van der Waals surface area contributed by atoms with Gasteiger partial charge in [0.2, 0.25) is 0 Å². The molecule has 0 radical (unpaired) electrons. The predicted molar refractivity (Wildman–Crippen MR) is 102 cm³/mol. The van der Waals surface area contributed by atoms with Gasteiger partial charge < -0.3 is 25.5 Å². The Balaban J connectivity index is 1.99. The molecule has 10 heteroatoms. The molecule has 2 aromatic rings. The van der Waals surface area contributed by atoms with Crippen molar-refractivity contribution in [3.8, 4) is 6.01 Å². The van der Waals surface area contributed by atoms with E-state index < -0.39 is 0 Å². The quantitative estimate of drug-likeness (QED) is 0.385. The summed E-state index contributed by atoms with van der Waals surface area (Å²) >= 11 is 0. The van der Waals surface area contributed by atoms with Crippen molar-refractivity contribution in [1.82, 2.24) is 24.8 Å². The number of aryl methyl sites for hydroxylation is 1. The molecule has 150 valence electrons. The Kier molecular flexibility index (Phi) is 7.59. The van der Waals surface area contributed by atoms with Crippen LogP contribution in [-0.2, 0) is 16.1 Å². The number of nitrogens with two attached hydrogens (primary N) is 1. The van der Waals surface area contributed by atoms with E-state index >= 15 is 0 Å². The van der Waals surface area contributed by atoms with Crippen LogP contribution in [0.5, 0.6) is 6.01 Å². The molecule has 0 amide bonds. The zero-order chi connectivity index (χ0) is 19.8. The van der Waals surface area contributed by atoms with Crippen LogP contribution in [0.15, 0.2) is 4.79 Å². The summed E-state index contributed by atoms with van der Waals surface area (Å²) in [6.07, 6.45) is 3.39. The van der Waals surface area contributed by atoms with Crippen molar-refractivity contribution in [2.45, 2.75) is 52.1 Å². The Morgan fingerprint density at radius 1 is 1.33 bits per heavy atom. The first kappa shape index (κ1) is 20.7. The highest BCUT2D eigenvalue weighted by molar-refractivity contribution is 5.81. The van der Waals surface area contributed by atoms with Gasteiger partial charge in [-0.3, -0.25) is 9.36 Å². The zero-order valence-corrected chi connectivity index (χ0v) is 16.1. The van der Waals surface area contributed by atoms with Crippen molar-refractivity contribution in [2.24, 2.45) is 0 Å². The molecule has 1 atom stereocenters. The van der Waals surface area contributed by atoms with Crippen LogP contribution >= 0.6 is 0 Å². The number of ether oxygens (including phenoxy) is 2. The summed E-state index contributed by atoms with van der Waals surface area (Å²) < 4.78 is 11.7. The zero-order valence-electron chi connectivity index (χ0n) is 16.1. The summed E-state index contributed by atoms with van der Waals surface area (Å²) in [4.78, 5) is 34.7. The normalized spacial score (nSPS) is 12.3. The van der Waals surface area contributed by atoms with Gasteiger partial charge in [0.25, 0.3) is 0 Å². The molecular formula is C17H28N6O4. The highest BCUT2D eigenvalue weighted by atomic mass is 16.5. The maximum absolute atomic E-state index is 12.2. The molecule has 0 aliphatic rings. The van der Waals surface area contributed by atoms with Gasteiger partial charge in [0.1, 0.15) is 11.6 Å². The minimum absolute atomic E-state index is 0.176. The number of nitrogens with zero attached hydrogens (tertiary/aromatic N) is 3. The number of H-pyrrole nitrogens is 1. The second-order valence-corrected chi connectivity index (χ2v) is 6.28. The number of imidazole rings is 1. The molecule has 0 bridgehead atoms. The molecular weight excluding hydrogens is 352 g/mol. The second-order valence-electron chi connectivity index (χ2n) is 6.28. The number of nitrogen functional groups attached to an aromatic ring is 1. The van der Waals surface area contributed by atoms with Crippen molar-refractivity contribution in [3.63, 3.8) is 0 Å². The first-order valence-electron chi connectivity index (χ1n) is 9.18. The summed E-state index contributed by atoms with van der Waals surface area (Å²) in [6.45, 7) is 5.41. The van der Waals surface area contributed by atoms with Gasteiger partial charge >= 0.3 is 17.7 Å². The van der Waals surface area contributed by atoms with E-state index in [0.717, 1.165) is 25.7 Å². The van der Waals surface area contributed by atoms with Crippen LogP contribution in [0.25, 0.3) is 11.2 Å². The van der Waals surface area contributed by atoms with Crippen molar-refractivity contribution in [3.05, 3.63) is 10.5 Å². The molecule has 2 heterocycles. The number of esters is 1.